The van der Waals surface area contributed by atoms with Crippen LogP contribution in [0, 0.1) is 0 Å². The molecule has 0 aromatic heterocycles. The van der Waals surface area contributed by atoms with Gasteiger partial charge in [0.05, 0.1) is 5.02 Å². The zero-order chi connectivity index (χ0) is 25.7. The lowest BCUT2D eigenvalue weighted by Gasteiger charge is -2.31. The highest BCUT2D eigenvalue weighted by Gasteiger charge is 2.30. The average Bonchev–Trinajstić information content (AvgIpc) is 2.81. The Bertz CT molecular complexity index is 1000. The first-order valence-electron chi connectivity index (χ1n) is 12.2. The molecule has 2 aromatic rings. The molecule has 6 heteroatoms. The molecule has 1 amide bonds. The third-order valence-corrected chi connectivity index (χ3v) is 7.30. The quantitative estimate of drug-likeness (QED) is 0.282. The second kappa shape index (κ2) is 11.4. The number of ether oxygens (including phenoxy) is 1. The molecule has 0 aliphatic heterocycles. The van der Waals surface area contributed by atoms with Crippen LogP contribution in [0.1, 0.15) is 91.7 Å². The molecule has 0 aliphatic carbocycles. The number of phenols is 2. The van der Waals surface area contributed by atoms with Crippen molar-refractivity contribution < 1.29 is 19.7 Å². The van der Waals surface area contributed by atoms with Gasteiger partial charge in [-0.2, -0.15) is 0 Å². The molecule has 1 atom stereocenters. The van der Waals surface area contributed by atoms with Crippen LogP contribution in [0.3, 0.4) is 0 Å². The molecule has 2 rings (SSSR count). The van der Waals surface area contributed by atoms with Crippen molar-refractivity contribution in [3.05, 3.63) is 46.5 Å². The topological polar surface area (TPSA) is 78.8 Å². The van der Waals surface area contributed by atoms with Crippen molar-refractivity contribution in [1.29, 1.82) is 0 Å². The molecule has 5 nitrogen and oxygen atoms in total. The summed E-state index contributed by atoms with van der Waals surface area (Å²) in [6, 6.07) is 8.96. The minimum atomic E-state index is -0.797. The van der Waals surface area contributed by atoms with Gasteiger partial charge in [-0.25, -0.2) is 0 Å². The van der Waals surface area contributed by atoms with Gasteiger partial charge in [-0.15, -0.1) is 0 Å². The number of rotatable bonds is 11. The number of hydrogen-bond donors (Lipinski definition) is 3. The molecule has 188 valence electrons. The summed E-state index contributed by atoms with van der Waals surface area (Å²) < 4.78 is 6.37. The molecule has 0 heterocycles. The number of amides is 1. The molecule has 0 saturated heterocycles. The van der Waals surface area contributed by atoms with Gasteiger partial charge in [0.1, 0.15) is 17.2 Å². The van der Waals surface area contributed by atoms with Gasteiger partial charge in [0, 0.05) is 5.56 Å². The number of benzene rings is 2. The van der Waals surface area contributed by atoms with Crippen LogP contribution in [-0.4, -0.2) is 22.2 Å². The number of aromatic hydroxyl groups is 2. The molecule has 0 spiro atoms. The van der Waals surface area contributed by atoms with Gasteiger partial charge in [-0.1, -0.05) is 78.6 Å². The standard InChI is InChI=1S/C28H40ClNO4/c1-8-11-12-23(26(33)30-24-21(31)15-14-20(29)25(24)32)34-22-16-13-18(27(4,5)9-2)17-19(22)28(6,7)10-3/h13-17,23,31-32H,8-12H2,1-7H3,(H,30,33). The number of anilines is 1. The Balaban J connectivity index is 2.46. The second-order valence-corrected chi connectivity index (χ2v) is 10.6. The first-order chi connectivity index (χ1) is 15.9. The lowest BCUT2D eigenvalue weighted by atomic mass is 9.76. The van der Waals surface area contributed by atoms with Gasteiger partial charge in [0.15, 0.2) is 11.9 Å². The maximum absolute atomic E-state index is 13.2. The normalized spacial score (nSPS) is 12.9. The number of phenolic OH excluding ortho intramolecular Hbond substituents is 2. The van der Waals surface area contributed by atoms with Crippen molar-refractivity contribution in [3.8, 4) is 17.2 Å². The smallest absolute Gasteiger partial charge is 0.265 e. The van der Waals surface area contributed by atoms with Gasteiger partial charge in [-0.05, 0) is 60.3 Å². The van der Waals surface area contributed by atoms with Gasteiger partial charge in [-0.3, -0.25) is 4.79 Å². The fourth-order valence-electron chi connectivity index (χ4n) is 3.65. The van der Waals surface area contributed by atoms with Gasteiger partial charge in [0.25, 0.3) is 5.91 Å². The van der Waals surface area contributed by atoms with Crippen molar-refractivity contribution in [1.82, 2.24) is 0 Å². The minimum absolute atomic E-state index is 0.0255. The van der Waals surface area contributed by atoms with E-state index in [1.165, 1.54) is 17.7 Å². The zero-order valence-corrected chi connectivity index (χ0v) is 22.3. The van der Waals surface area contributed by atoms with E-state index in [4.69, 9.17) is 16.3 Å². The van der Waals surface area contributed by atoms with Crippen molar-refractivity contribution in [2.45, 2.75) is 97.5 Å². The highest BCUT2D eigenvalue weighted by Crippen LogP contribution is 2.41. The molecule has 0 aliphatic rings. The van der Waals surface area contributed by atoms with Crippen molar-refractivity contribution in [3.63, 3.8) is 0 Å². The average molecular weight is 490 g/mol. The SMILES string of the molecule is CCCCC(Oc1ccc(C(C)(C)CC)cc1C(C)(C)CC)C(=O)Nc1c(O)ccc(Cl)c1O. The number of hydrogen-bond acceptors (Lipinski definition) is 4. The summed E-state index contributed by atoms with van der Waals surface area (Å²) in [4.78, 5) is 13.2. The van der Waals surface area contributed by atoms with Crippen LogP contribution in [0.2, 0.25) is 5.02 Å². The molecule has 0 bridgehead atoms. The number of unbranched alkanes of at least 4 members (excludes halogenated alkanes) is 1. The van der Waals surface area contributed by atoms with Crippen molar-refractivity contribution >= 4 is 23.2 Å². The fraction of sp³-hybridized carbons (Fsp3) is 0.536. The molecular weight excluding hydrogens is 450 g/mol. The molecule has 34 heavy (non-hydrogen) atoms. The Hall–Kier alpha value is -2.40. The summed E-state index contributed by atoms with van der Waals surface area (Å²) in [7, 11) is 0. The van der Waals surface area contributed by atoms with E-state index in [1.807, 2.05) is 6.07 Å². The number of carbonyl (C=O) groups excluding carboxylic acids is 1. The van der Waals surface area contributed by atoms with E-state index < -0.39 is 12.0 Å². The third kappa shape index (κ3) is 6.38. The highest BCUT2D eigenvalue weighted by atomic mass is 35.5. The Kier molecular flexibility index (Phi) is 9.29. The monoisotopic (exact) mass is 489 g/mol. The fourth-order valence-corrected chi connectivity index (χ4v) is 3.80. The summed E-state index contributed by atoms with van der Waals surface area (Å²) in [6.07, 6.45) is 3.31. The lowest BCUT2D eigenvalue weighted by Crippen LogP contribution is -2.34. The van der Waals surface area contributed by atoms with Gasteiger partial charge in [0.2, 0.25) is 0 Å². The summed E-state index contributed by atoms with van der Waals surface area (Å²) in [5.41, 5.74) is 2.07. The van der Waals surface area contributed by atoms with Crippen LogP contribution in [0.5, 0.6) is 17.2 Å². The summed E-state index contributed by atoms with van der Waals surface area (Å²) in [5, 5.41) is 23.1. The molecule has 2 aromatic carbocycles. The van der Waals surface area contributed by atoms with Crippen molar-refractivity contribution in [2.75, 3.05) is 5.32 Å². The Morgan fingerprint density at radius 3 is 2.26 bits per heavy atom. The molecule has 0 radical (unpaired) electrons. The van der Waals surface area contributed by atoms with E-state index in [1.54, 1.807) is 0 Å². The Morgan fingerprint density at radius 1 is 1.03 bits per heavy atom. The molecule has 0 saturated carbocycles. The van der Waals surface area contributed by atoms with E-state index in [0.29, 0.717) is 12.2 Å². The lowest BCUT2D eigenvalue weighted by molar-refractivity contribution is -0.123. The molecular formula is C28H40ClNO4. The van der Waals surface area contributed by atoms with Gasteiger partial charge < -0.3 is 20.3 Å². The van der Waals surface area contributed by atoms with Crippen LogP contribution in [0.4, 0.5) is 5.69 Å². The largest absolute Gasteiger partial charge is 0.506 e. The Morgan fingerprint density at radius 2 is 1.68 bits per heavy atom. The molecule has 1 unspecified atom stereocenters. The number of halogens is 1. The number of carbonyl (C=O) groups is 1. The van der Waals surface area contributed by atoms with Crippen LogP contribution in [0.25, 0.3) is 0 Å². The van der Waals surface area contributed by atoms with Crippen LogP contribution >= 0.6 is 11.6 Å². The van der Waals surface area contributed by atoms with E-state index in [0.717, 1.165) is 31.2 Å². The third-order valence-electron chi connectivity index (χ3n) is 6.99. The maximum Gasteiger partial charge on any atom is 0.265 e. The second-order valence-electron chi connectivity index (χ2n) is 10.2. The molecule has 0 fully saturated rings. The van der Waals surface area contributed by atoms with E-state index >= 15 is 0 Å². The van der Waals surface area contributed by atoms with Crippen LogP contribution < -0.4 is 10.1 Å². The van der Waals surface area contributed by atoms with E-state index in [-0.39, 0.29) is 33.0 Å². The highest BCUT2D eigenvalue weighted by molar-refractivity contribution is 6.32. The maximum atomic E-state index is 13.2. The minimum Gasteiger partial charge on any atom is -0.506 e. The summed E-state index contributed by atoms with van der Waals surface area (Å²) in [6.45, 7) is 15.2. The van der Waals surface area contributed by atoms with E-state index in [2.05, 4.69) is 65.9 Å². The number of nitrogens with one attached hydrogen (secondary N) is 1. The van der Waals surface area contributed by atoms with Crippen LogP contribution in [0.15, 0.2) is 30.3 Å². The van der Waals surface area contributed by atoms with Gasteiger partial charge >= 0.3 is 0 Å². The predicted octanol–water partition coefficient (Wildman–Crippen LogP) is 7.70. The first-order valence-corrected chi connectivity index (χ1v) is 12.6. The van der Waals surface area contributed by atoms with Crippen LogP contribution in [-0.2, 0) is 15.6 Å². The summed E-state index contributed by atoms with van der Waals surface area (Å²) in [5.74, 6) is -0.399. The molecule has 3 N–H and O–H groups in total. The Labute approximate surface area is 209 Å². The first kappa shape index (κ1) is 27.8. The van der Waals surface area contributed by atoms with E-state index in [9.17, 15) is 15.0 Å². The predicted molar refractivity (Wildman–Crippen MR) is 140 cm³/mol. The van der Waals surface area contributed by atoms with Crippen molar-refractivity contribution in [2.24, 2.45) is 0 Å². The summed E-state index contributed by atoms with van der Waals surface area (Å²) >= 11 is 5.97. The zero-order valence-electron chi connectivity index (χ0n) is 21.6.